The van der Waals surface area contributed by atoms with Gasteiger partial charge in [0, 0.05) is 24.9 Å². The first-order valence-corrected chi connectivity index (χ1v) is 8.08. The van der Waals surface area contributed by atoms with Gasteiger partial charge < -0.3 is 20.1 Å². The van der Waals surface area contributed by atoms with Gasteiger partial charge in [0.25, 0.3) is 5.91 Å². The van der Waals surface area contributed by atoms with Gasteiger partial charge in [0.15, 0.2) is 0 Å². The number of carbonyl (C=O) groups excluding carboxylic acids is 2. The van der Waals surface area contributed by atoms with Crippen molar-refractivity contribution >= 4 is 35.2 Å². The van der Waals surface area contributed by atoms with E-state index in [4.69, 9.17) is 21.1 Å². The van der Waals surface area contributed by atoms with E-state index in [1.165, 1.54) is 19.2 Å². The van der Waals surface area contributed by atoms with E-state index >= 15 is 0 Å². The Labute approximate surface area is 156 Å². The fraction of sp³-hybridized carbons (Fsp3) is 0.158. The van der Waals surface area contributed by atoms with Crippen molar-refractivity contribution in [2.75, 3.05) is 26.6 Å². The van der Waals surface area contributed by atoms with Gasteiger partial charge in [0.05, 0.1) is 24.8 Å². The van der Waals surface area contributed by atoms with E-state index in [2.05, 4.69) is 10.6 Å². The quantitative estimate of drug-likeness (QED) is 0.760. The largest absolute Gasteiger partial charge is 0.497 e. The lowest BCUT2D eigenvalue weighted by Crippen LogP contribution is -2.18. The Morgan fingerprint density at radius 1 is 1.04 bits per heavy atom. The predicted molar refractivity (Wildman–Crippen MR) is 102 cm³/mol. The van der Waals surface area contributed by atoms with Crippen molar-refractivity contribution in [3.05, 3.63) is 58.6 Å². The highest BCUT2D eigenvalue weighted by Crippen LogP contribution is 2.23. The second-order valence-corrected chi connectivity index (χ2v) is 5.65. The summed E-state index contributed by atoms with van der Waals surface area (Å²) in [4.78, 5) is 23.9. The zero-order valence-corrected chi connectivity index (χ0v) is 15.4. The molecular formula is C19H19ClN2O4. The summed E-state index contributed by atoms with van der Waals surface area (Å²) in [6.45, 7) is 0. The number of amides is 2. The first-order chi connectivity index (χ1) is 12.5. The maximum Gasteiger partial charge on any atom is 0.252 e. The molecule has 0 aliphatic rings. The molecule has 0 atom stereocenters. The molecule has 2 amide bonds. The van der Waals surface area contributed by atoms with Crippen LogP contribution >= 0.6 is 11.6 Å². The van der Waals surface area contributed by atoms with E-state index in [-0.39, 0.29) is 17.4 Å². The monoisotopic (exact) mass is 374 g/mol. The lowest BCUT2D eigenvalue weighted by molar-refractivity contribution is -0.111. The molecule has 0 spiro atoms. The number of nitrogens with one attached hydrogen (secondary N) is 2. The minimum absolute atomic E-state index is 0.286. The minimum atomic E-state index is -0.350. The number of methoxy groups -OCH3 is 2. The van der Waals surface area contributed by atoms with Crippen LogP contribution < -0.4 is 20.1 Å². The Kier molecular flexibility index (Phi) is 6.63. The fourth-order valence-corrected chi connectivity index (χ4v) is 2.40. The second kappa shape index (κ2) is 8.92. The van der Waals surface area contributed by atoms with Gasteiger partial charge >= 0.3 is 0 Å². The van der Waals surface area contributed by atoms with Crippen molar-refractivity contribution in [1.82, 2.24) is 5.32 Å². The van der Waals surface area contributed by atoms with Crippen LogP contribution in [0.4, 0.5) is 5.69 Å². The van der Waals surface area contributed by atoms with E-state index in [1.807, 2.05) is 0 Å². The molecule has 2 aromatic carbocycles. The summed E-state index contributed by atoms with van der Waals surface area (Å²) in [5.41, 5.74) is 1.50. The molecule has 0 fully saturated rings. The van der Waals surface area contributed by atoms with Crippen molar-refractivity contribution in [3.8, 4) is 11.5 Å². The number of anilines is 1. The molecule has 7 heteroatoms. The van der Waals surface area contributed by atoms with Crippen LogP contribution in [0.5, 0.6) is 11.5 Å². The molecule has 0 heterocycles. The Morgan fingerprint density at radius 3 is 2.27 bits per heavy atom. The van der Waals surface area contributed by atoms with Gasteiger partial charge in [-0.25, -0.2) is 0 Å². The molecule has 6 nitrogen and oxygen atoms in total. The van der Waals surface area contributed by atoms with Gasteiger partial charge in [-0.15, -0.1) is 0 Å². The van der Waals surface area contributed by atoms with Crippen LogP contribution in [0.1, 0.15) is 15.9 Å². The molecule has 26 heavy (non-hydrogen) atoms. The molecule has 0 radical (unpaired) electrons. The molecule has 136 valence electrons. The number of hydrogen-bond donors (Lipinski definition) is 2. The summed E-state index contributed by atoms with van der Waals surface area (Å²) in [5, 5.41) is 5.49. The van der Waals surface area contributed by atoms with E-state index in [0.717, 1.165) is 5.56 Å². The van der Waals surface area contributed by atoms with Crippen molar-refractivity contribution in [2.24, 2.45) is 0 Å². The zero-order chi connectivity index (χ0) is 19.1. The van der Waals surface area contributed by atoms with E-state index < -0.39 is 0 Å². The number of halogens is 1. The van der Waals surface area contributed by atoms with Gasteiger partial charge in [0.1, 0.15) is 11.5 Å². The highest BCUT2D eigenvalue weighted by molar-refractivity contribution is 6.34. The van der Waals surface area contributed by atoms with Crippen LogP contribution in [0.3, 0.4) is 0 Å². The lowest BCUT2D eigenvalue weighted by atomic mass is 10.1. The van der Waals surface area contributed by atoms with Crippen molar-refractivity contribution in [2.45, 2.75) is 0 Å². The maximum absolute atomic E-state index is 12.1. The van der Waals surface area contributed by atoms with Crippen LogP contribution in [0.2, 0.25) is 5.02 Å². The predicted octanol–water partition coefficient (Wildman–Crippen LogP) is 3.37. The van der Waals surface area contributed by atoms with Gasteiger partial charge in [-0.2, -0.15) is 0 Å². The SMILES string of the molecule is CNC(=O)c1cc(NC(=O)/C=C/c2cc(OC)cc(OC)c2)ccc1Cl. The number of carbonyl (C=O) groups is 2. The van der Waals surface area contributed by atoms with E-state index in [0.29, 0.717) is 22.2 Å². The highest BCUT2D eigenvalue weighted by atomic mass is 35.5. The van der Waals surface area contributed by atoms with Crippen LogP contribution in [0.25, 0.3) is 6.08 Å². The standard InChI is InChI=1S/C19H19ClN2O4/c1-21-19(24)16-10-13(5-6-17(16)20)22-18(23)7-4-12-8-14(25-2)11-15(9-12)26-3/h4-11H,1-3H3,(H,21,24)(H,22,23)/b7-4+. The summed E-state index contributed by atoms with van der Waals surface area (Å²) in [5.74, 6) is 0.566. The highest BCUT2D eigenvalue weighted by Gasteiger charge is 2.10. The summed E-state index contributed by atoms with van der Waals surface area (Å²) in [7, 11) is 4.62. The third-order valence-electron chi connectivity index (χ3n) is 3.51. The molecule has 0 saturated heterocycles. The van der Waals surface area contributed by atoms with E-state index in [1.54, 1.807) is 50.6 Å². The fourth-order valence-electron chi connectivity index (χ4n) is 2.19. The van der Waals surface area contributed by atoms with Crippen molar-refractivity contribution < 1.29 is 19.1 Å². The van der Waals surface area contributed by atoms with Crippen LogP contribution in [-0.2, 0) is 4.79 Å². The van der Waals surface area contributed by atoms with Gasteiger partial charge in [-0.1, -0.05) is 11.6 Å². The van der Waals surface area contributed by atoms with Gasteiger partial charge in [-0.3, -0.25) is 9.59 Å². The van der Waals surface area contributed by atoms with Crippen LogP contribution in [0.15, 0.2) is 42.5 Å². The lowest BCUT2D eigenvalue weighted by Gasteiger charge is -2.07. The Bertz CT molecular complexity index is 827. The van der Waals surface area contributed by atoms with Crippen LogP contribution in [-0.4, -0.2) is 33.1 Å². The number of ether oxygens (including phenoxy) is 2. The topological polar surface area (TPSA) is 76.7 Å². The second-order valence-electron chi connectivity index (χ2n) is 5.24. The Morgan fingerprint density at radius 2 is 1.69 bits per heavy atom. The molecular weight excluding hydrogens is 356 g/mol. The molecule has 2 rings (SSSR count). The third kappa shape index (κ3) is 5.00. The third-order valence-corrected chi connectivity index (χ3v) is 3.84. The van der Waals surface area contributed by atoms with Gasteiger partial charge in [-0.05, 0) is 42.0 Å². The summed E-state index contributed by atoms with van der Waals surface area (Å²) in [6, 6.07) is 9.98. The molecule has 0 saturated carbocycles. The van der Waals surface area contributed by atoms with Crippen molar-refractivity contribution in [1.29, 1.82) is 0 Å². The molecule has 2 N–H and O–H groups in total. The van der Waals surface area contributed by atoms with Gasteiger partial charge in [0.2, 0.25) is 5.91 Å². The molecule has 0 unspecified atom stereocenters. The first kappa shape index (κ1) is 19.3. The number of benzene rings is 2. The summed E-state index contributed by atoms with van der Waals surface area (Å²) in [6.07, 6.45) is 3.01. The molecule has 0 bridgehead atoms. The number of hydrogen-bond acceptors (Lipinski definition) is 4. The molecule has 0 aliphatic carbocycles. The average molecular weight is 375 g/mol. The Balaban J connectivity index is 2.14. The first-order valence-electron chi connectivity index (χ1n) is 7.70. The average Bonchev–Trinajstić information content (AvgIpc) is 2.66. The normalized spacial score (nSPS) is 10.5. The number of rotatable bonds is 6. The summed E-state index contributed by atoms with van der Waals surface area (Å²) < 4.78 is 10.4. The van der Waals surface area contributed by atoms with Crippen LogP contribution in [0, 0.1) is 0 Å². The molecule has 0 aliphatic heterocycles. The van der Waals surface area contributed by atoms with Crippen molar-refractivity contribution in [3.63, 3.8) is 0 Å². The minimum Gasteiger partial charge on any atom is -0.497 e. The molecule has 2 aromatic rings. The summed E-state index contributed by atoms with van der Waals surface area (Å²) >= 11 is 5.99. The zero-order valence-electron chi connectivity index (χ0n) is 14.6. The van der Waals surface area contributed by atoms with E-state index in [9.17, 15) is 9.59 Å². The maximum atomic E-state index is 12.1. The molecule has 0 aromatic heterocycles. The smallest absolute Gasteiger partial charge is 0.252 e. The Hall–Kier alpha value is -2.99.